The third-order valence-electron chi connectivity index (χ3n) is 4.90. The van der Waals surface area contributed by atoms with Crippen molar-refractivity contribution in [2.45, 2.75) is 57.5 Å². The SMILES string of the molecule is C#C[C@]1(COC(=O)CCCC)O[C@@H](n2ccc3c(N)nc(Cl)nc32)C[C@@H]1OC(C)=O. The Balaban J connectivity index is 1.89. The molecule has 1 aliphatic rings. The molecular weight excluding hydrogens is 412 g/mol. The predicted octanol–water partition coefficient (Wildman–Crippen LogP) is 2.62. The van der Waals surface area contributed by atoms with Crippen molar-refractivity contribution in [1.29, 1.82) is 0 Å². The molecule has 1 saturated heterocycles. The minimum absolute atomic E-state index is 0.0115. The summed E-state index contributed by atoms with van der Waals surface area (Å²) in [5.41, 5.74) is 4.93. The molecular formula is C20H23ClN4O5. The van der Waals surface area contributed by atoms with Gasteiger partial charge in [0, 0.05) is 26.0 Å². The molecule has 0 aromatic carbocycles. The summed E-state index contributed by atoms with van der Waals surface area (Å²) < 4.78 is 18.6. The Hall–Kier alpha value is -2.83. The summed E-state index contributed by atoms with van der Waals surface area (Å²) in [4.78, 5) is 31.8. The second kappa shape index (κ2) is 8.90. The first-order chi connectivity index (χ1) is 14.3. The van der Waals surface area contributed by atoms with E-state index in [1.165, 1.54) is 6.92 Å². The number of terminal acetylenes is 1. The van der Waals surface area contributed by atoms with Gasteiger partial charge in [-0.3, -0.25) is 9.59 Å². The van der Waals surface area contributed by atoms with Gasteiger partial charge in [-0.05, 0) is 24.1 Å². The molecule has 0 saturated carbocycles. The molecule has 3 heterocycles. The van der Waals surface area contributed by atoms with E-state index < -0.39 is 23.9 Å². The molecule has 3 rings (SSSR count). The van der Waals surface area contributed by atoms with Crippen LogP contribution >= 0.6 is 11.6 Å². The molecule has 1 fully saturated rings. The average molecular weight is 435 g/mol. The molecule has 0 aliphatic carbocycles. The fourth-order valence-electron chi connectivity index (χ4n) is 3.39. The number of unbranched alkanes of at least 4 members (excludes halogenated alkanes) is 1. The van der Waals surface area contributed by atoms with Crippen LogP contribution in [0.1, 0.15) is 45.8 Å². The molecule has 2 aromatic heterocycles. The van der Waals surface area contributed by atoms with Crippen LogP contribution in [0.25, 0.3) is 11.0 Å². The molecule has 2 aromatic rings. The number of nitrogens with zero attached hydrogens (tertiary/aromatic N) is 3. The Morgan fingerprint density at radius 1 is 1.50 bits per heavy atom. The number of ether oxygens (including phenoxy) is 3. The van der Waals surface area contributed by atoms with E-state index in [-0.39, 0.29) is 36.5 Å². The highest BCUT2D eigenvalue weighted by Gasteiger charge is 2.52. The molecule has 3 atom stereocenters. The number of aromatic nitrogens is 3. The van der Waals surface area contributed by atoms with Gasteiger partial charge in [0.05, 0.1) is 5.39 Å². The van der Waals surface area contributed by atoms with E-state index in [0.29, 0.717) is 17.5 Å². The Kier molecular flexibility index (Phi) is 6.48. The van der Waals surface area contributed by atoms with Crippen LogP contribution in [0.3, 0.4) is 0 Å². The molecule has 2 N–H and O–H groups in total. The summed E-state index contributed by atoms with van der Waals surface area (Å²) in [5.74, 6) is 1.85. The first-order valence-electron chi connectivity index (χ1n) is 9.57. The van der Waals surface area contributed by atoms with Gasteiger partial charge in [0.15, 0.2) is 0 Å². The van der Waals surface area contributed by atoms with Gasteiger partial charge in [-0.25, -0.2) is 4.98 Å². The van der Waals surface area contributed by atoms with Crippen molar-refractivity contribution >= 4 is 40.4 Å². The Morgan fingerprint density at radius 3 is 2.93 bits per heavy atom. The highest BCUT2D eigenvalue weighted by atomic mass is 35.5. The maximum Gasteiger partial charge on any atom is 0.305 e. The van der Waals surface area contributed by atoms with Gasteiger partial charge in [0.25, 0.3) is 0 Å². The number of anilines is 1. The van der Waals surface area contributed by atoms with Gasteiger partial charge in [-0.1, -0.05) is 19.3 Å². The van der Waals surface area contributed by atoms with Gasteiger partial charge in [0.2, 0.25) is 10.9 Å². The van der Waals surface area contributed by atoms with Crippen molar-refractivity contribution in [3.05, 3.63) is 17.5 Å². The molecule has 10 heteroatoms. The van der Waals surface area contributed by atoms with E-state index in [1.54, 1.807) is 16.8 Å². The number of nitrogen functional groups attached to an aromatic ring is 1. The summed E-state index contributed by atoms with van der Waals surface area (Å²) in [6.45, 7) is 3.01. The number of esters is 2. The first-order valence-corrected chi connectivity index (χ1v) is 9.95. The predicted molar refractivity (Wildman–Crippen MR) is 109 cm³/mol. The Morgan fingerprint density at radius 2 is 2.27 bits per heavy atom. The van der Waals surface area contributed by atoms with Gasteiger partial charge >= 0.3 is 11.9 Å². The lowest BCUT2D eigenvalue weighted by molar-refractivity contribution is -0.165. The van der Waals surface area contributed by atoms with E-state index in [2.05, 4.69) is 15.9 Å². The lowest BCUT2D eigenvalue weighted by Gasteiger charge is -2.28. The Bertz CT molecular complexity index is 1000. The van der Waals surface area contributed by atoms with E-state index in [4.69, 9.17) is 38.0 Å². The number of fused-ring (bicyclic) bond motifs is 1. The second-order valence-corrected chi connectivity index (χ2v) is 7.38. The summed E-state index contributed by atoms with van der Waals surface area (Å²) >= 11 is 5.95. The third-order valence-corrected chi connectivity index (χ3v) is 5.07. The van der Waals surface area contributed by atoms with Crippen LogP contribution in [-0.4, -0.2) is 44.8 Å². The van der Waals surface area contributed by atoms with Crippen molar-refractivity contribution in [2.24, 2.45) is 0 Å². The topological polar surface area (TPSA) is 119 Å². The minimum Gasteiger partial charge on any atom is -0.461 e. The molecule has 0 unspecified atom stereocenters. The zero-order valence-corrected chi connectivity index (χ0v) is 17.5. The number of carbonyl (C=O) groups excluding carboxylic acids is 2. The zero-order chi connectivity index (χ0) is 21.9. The fraction of sp³-hybridized carbons (Fsp3) is 0.500. The summed E-state index contributed by atoms with van der Waals surface area (Å²) in [5, 5.41) is 0.582. The maximum absolute atomic E-state index is 12.0. The van der Waals surface area contributed by atoms with Crippen molar-refractivity contribution < 1.29 is 23.8 Å². The smallest absolute Gasteiger partial charge is 0.305 e. The van der Waals surface area contributed by atoms with E-state index >= 15 is 0 Å². The molecule has 0 bridgehead atoms. The van der Waals surface area contributed by atoms with Crippen LogP contribution in [-0.2, 0) is 23.8 Å². The molecule has 0 amide bonds. The average Bonchev–Trinajstić information content (AvgIpc) is 3.26. The van der Waals surface area contributed by atoms with Crippen LogP contribution in [0, 0.1) is 12.3 Å². The van der Waals surface area contributed by atoms with Crippen LogP contribution in [0.5, 0.6) is 0 Å². The summed E-state index contributed by atoms with van der Waals surface area (Å²) in [7, 11) is 0. The van der Waals surface area contributed by atoms with E-state index in [0.717, 1.165) is 6.42 Å². The Labute approximate surface area is 178 Å². The second-order valence-electron chi connectivity index (χ2n) is 7.04. The molecule has 160 valence electrons. The van der Waals surface area contributed by atoms with Crippen molar-refractivity contribution in [3.8, 4) is 12.3 Å². The summed E-state index contributed by atoms with van der Waals surface area (Å²) in [6.07, 6.45) is 8.06. The van der Waals surface area contributed by atoms with Crippen LogP contribution in [0.15, 0.2) is 12.3 Å². The maximum atomic E-state index is 12.0. The van der Waals surface area contributed by atoms with Gasteiger partial charge in [-0.2, -0.15) is 4.98 Å². The molecule has 0 spiro atoms. The number of hydrogen-bond acceptors (Lipinski definition) is 8. The number of halogens is 1. The van der Waals surface area contributed by atoms with Gasteiger partial charge < -0.3 is 24.5 Å². The summed E-state index contributed by atoms with van der Waals surface area (Å²) in [6, 6.07) is 1.73. The van der Waals surface area contributed by atoms with E-state index in [9.17, 15) is 9.59 Å². The number of carbonyl (C=O) groups is 2. The highest BCUT2D eigenvalue weighted by Crippen LogP contribution is 2.40. The van der Waals surface area contributed by atoms with Gasteiger partial charge in [0.1, 0.15) is 30.4 Å². The lowest BCUT2D eigenvalue weighted by Crippen LogP contribution is -2.45. The van der Waals surface area contributed by atoms with Crippen LogP contribution in [0.2, 0.25) is 5.28 Å². The fourth-order valence-corrected chi connectivity index (χ4v) is 3.56. The normalized spacial score (nSPS) is 23.3. The molecule has 9 nitrogen and oxygen atoms in total. The zero-order valence-electron chi connectivity index (χ0n) is 16.8. The first kappa shape index (κ1) is 21.9. The quantitative estimate of drug-likeness (QED) is 0.401. The monoisotopic (exact) mass is 434 g/mol. The van der Waals surface area contributed by atoms with Crippen LogP contribution < -0.4 is 5.73 Å². The third kappa shape index (κ3) is 4.35. The number of nitrogens with two attached hydrogens (primary N) is 1. The van der Waals surface area contributed by atoms with Crippen molar-refractivity contribution in [2.75, 3.05) is 12.3 Å². The molecule has 30 heavy (non-hydrogen) atoms. The number of rotatable bonds is 7. The minimum atomic E-state index is -1.43. The lowest BCUT2D eigenvalue weighted by atomic mass is 9.98. The highest BCUT2D eigenvalue weighted by molar-refractivity contribution is 6.28. The standard InChI is InChI=1S/C20H23ClN4O5/c1-4-6-7-16(27)28-11-20(5-2)14(29-12(3)26)10-15(30-20)25-9-8-13-17(22)23-19(21)24-18(13)25/h2,8-9,14-15H,4,6-7,10-11H2,1,3H3,(H2,22,23,24)/t14-,15+,20+/m0/s1. The largest absolute Gasteiger partial charge is 0.461 e. The molecule has 1 aliphatic heterocycles. The van der Waals surface area contributed by atoms with Gasteiger partial charge in [-0.15, -0.1) is 6.42 Å². The number of hydrogen-bond donors (Lipinski definition) is 1. The molecule has 0 radical (unpaired) electrons. The van der Waals surface area contributed by atoms with Crippen molar-refractivity contribution in [3.63, 3.8) is 0 Å². The van der Waals surface area contributed by atoms with Crippen molar-refractivity contribution in [1.82, 2.24) is 14.5 Å². The van der Waals surface area contributed by atoms with Crippen LogP contribution in [0.4, 0.5) is 5.82 Å². The van der Waals surface area contributed by atoms with E-state index in [1.807, 2.05) is 6.92 Å².